The molecule has 5 heteroatoms. The van der Waals surface area contributed by atoms with Gasteiger partial charge < -0.3 is 9.47 Å². The molecule has 4 nitrogen and oxygen atoms in total. The molecule has 1 aliphatic rings. The normalized spacial score (nSPS) is 15.6. The van der Waals surface area contributed by atoms with Gasteiger partial charge in [-0.3, -0.25) is 0 Å². The molecule has 0 unspecified atom stereocenters. The minimum absolute atomic E-state index is 0.222. The molecule has 1 heterocycles. The van der Waals surface area contributed by atoms with Crippen LogP contribution in [0.3, 0.4) is 0 Å². The average Bonchev–Trinajstić information content (AvgIpc) is 2.89. The van der Waals surface area contributed by atoms with Gasteiger partial charge in [-0.1, -0.05) is 35.9 Å². The number of nitrogens with zero attached hydrogens (tertiary/aromatic N) is 1. The van der Waals surface area contributed by atoms with E-state index in [0.717, 1.165) is 5.56 Å². The number of ether oxygens (including phenoxy) is 2. The summed E-state index contributed by atoms with van der Waals surface area (Å²) in [7, 11) is 1.57. The number of methoxy groups -OCH3 is 1. The first-order valence-corrected chi connectivity index (χ1v) is 6.96. The lowest BCUT2D eigenvalue weighted by atomic mass is 10.1. The number of para-hydroxylation sites is 1. The lowest BCUT2D eigenvalue weighted by Crippen LogP contribution is -2.05. The van der Waals surface area contributed by atoms with Crippen molar-refractivity contribution in [3.05, 3.63) is 70.4 Å². The maximum Gasteiger partial charge on any atom is 0.363 e. The van der Waals surface area contributed by atoms with Crippen molar-refractivity contribution in [3.8, 4) is 5.75 Å². The Hall–Kier alpha value is -2.59. The maximum absolute atomic E-state index is 12.0. The van der Waals surface area contributed by atoms with E-state index in [2.05, 4.69) is 4.99 Å². The van der Waals surface area contributed by atoms with Gasteiger partial charge in [-0.2, -0.15) is 0 Å². The Balaban J connectivity index is 1.98. The van der Waals surface area contributed by atoms with Gasteiger partial charge in [0.25, 0.3) is 0 Å². The van der Waals surface area contributed by atoms with Crippen LogP contribution in [0.25, 0.3) is 6.08 Å². The molecule has 0 atom stereocenters. The molecule has 2 aromatic rings. The van der Waals surface area contributed by atoms with E-state index in [1.165, 1.54) is 0 Å². The molecule has 0 saturated carbocycles. The summed E-state index contributed by atoms with van der Waals surface area (Å²) in [5, 5.41) is 0.554. The van der Waals surface area contributed by atoms with Crippen molar-refractivity contribution >= 4 is 29.5 Å². The third-order valence-electron chi connectivity index (χ3n) is 3.12. The molecule has 0 spiro atoms. The van der Waals surface area contributed by atoms with E-state index in [0.29, 0.717) is 16.3 Å². The quantitative estimate of drug-likeness (QED) is 0.641. The Morgan fingerprint density at radius 1 is 1.18 bits per heavy atom. The fourth-order valence-corrected chi connectivity index (χ4v) is 2.28. The summed E-state index contributed by atoms with van der Waals surface area (Å²) in [5.41, 5.74) is 1.64. The predicted molar refractivity (Wildman–Crippen MR) is 85.1 cm³/mol. The van der Waals surface area contributed by atoms with Gasteiger partial charge in [0.05, 0.1) is 7.11 Å². The molecular formula is C17H12ClNO3. The van der Waals surface area contributed by atoms with Gasteiger partial charge in [0.15, 0.2) is 5.70 Å². The van der Waals surface area contributed by atoms with Crippen LogP contribution in [-0.2, 0) is 9.53 Å². The average molecular weight is 314 g/mol. The van der Waals surface area contributed by atoms with Crippen molar-refractivity contribution < 1.29 is 14.3 Å². The van der Waals surface area contributed by atoms with Crippen LogP contribution in [0.15, 0.2) is 59.2 Å². The van der Waals surface area contributed by atoms with E-state index in [9.17, 15) is 4.79 Å². The van der Waals surface area contributed by atoms with E-state index in [1.807, 2.05) is 24.3 Å². The zero-order valence-corrected chi connectivity index (χ0v) is 12.5. The molecule has 0 N–H and O–H groups in total. The summed E-state index contributed by atoms with van der Waals surface area (Å²) in [6.07, 6.45) is 1.64. The van der Waals surface area contributed by atoms with Crippen molar-refractivity contribution in [1.82, 2.24) is 0 Å². The Morgan fingerprint density at radius 2 is 2.00 bits per heavy atom. The third-order valence-corrected chi connectivity index (χ3v) is 3.36. The van der Waals surface area contributed by atoms with Gasteiger partial charge in [-0.15, -0.1) is 0 Å². The molecule has 0 radical (unpaired) electrons. The highest BCUT2D eigenvalue weighted by molar-refractivity contribution is 6.31. The SMILES string of the molecule is COc1ccccc1/C=C1/N=C(c2cccc(Cl)c2)OC1=O. The number of esters is 1. The predicted octanol–water partition coefficient (Wildman–Crippen LogP) is 3.69. The smallest absolute Gasteiger partial charge is 0.363 e. The second-order valence-electron chi connectivity index (χ2n) is 4.59. The minimum atomic E-state index is -0.499. The number of halogens is 1. The molecule has 3 rings (SSSR count). The number of rotatable bonds is 3. The number of carbonyl (C=O) groups excluding carboxylic acids is 1. The summed E-state index contributed by atoms with van der Waals surface area (Å²) in [5.74, 6) is 0.406. The Kier molecular flexibility index (Phi) is 3.94. The number of carbonyl (C=O) groups is 1. The molecule has 22 heavy (non-hydrogen) atoms. The largest absolute Gasteiger partial charge is 0.496 e. The van der Waals surface area contributed by atoms with E-state index in [4.69, 9.17) is 21.1 Å². The van der Waals surface area contributed by atoms with E-state index >= 15 is 0 Å². The first-order chi connectivity index (χ1) is 10.7. The summed E-state index contributed by atoms with van der Waals surface area (Å²) in [4.78, 5) is 16.2. The first kappa shape index (κ1) is 14.4. The van der Waals surface area contributed by atoms with E-state index in [-0.39, 0.29) is 11.6 Å². The second kappa shape index (κ2) is 6.03. The lowest BCUT2D eigenvalue weighted by molar-refractivity contribution is -0.129. The van der Waals surface area contributed by atoms with Gasteiger partial charge in [-0.05, 0) is 30.3 Å². The Morgan fingerprint density at radius 3 is 2.77 bits per heavy atom. The van der Waals surface area contributed by atoms with Gasteiger partial charge in [0.2, 0.25) is 5.90 Å². The second-order valence-corrected chi connectivity index (χ2v) is 5.02. The molecule has 0 aliphatic carbocycles. The molecule has 1 aliphatic heterocycles. The molecule has 0 aromatic heterocycles. The number of hydrogen-bond acceptors (Lipinski definition) is 4. The Labute approximate surface area is 132 Å². The minimum Gasteiger partial charge on any atom is -0.496 e. The van der Waals surface area contributed by atoms with Crippen LogP contribution >= 0.6 is 11.6 Å². The monoisotopic (exact) mass is 313 g/mol. The summed E-state index contributed by atoms with van der Waals surface area (Å²) in [6, 6.07) is 14.4. The van der Waals surface area contributed by atoms with Crippen LogP contribution in [0.5, 0.6) is 5.75 Å². The van der Waals surface area contributed by atoms with Crippen molar-refractivity contribution in [2.24, 2.45) is 4.99 Å². The zero-order chi connectivity index (χ0) is 15.5. The van der Waals surface area contributed by atoms with Crippen LogP contribution in [0.4, 0.5) is 0 Å². The van der Waals surface area contributed by atoms with Crippen LogP contribution in [0.2, 0.25) is 5.02 Å². The van der Waals surface area contributed by atoms with Gasteiger partial charge in [-0.25, -0.2) is 9.79 Å². The van der Waals surface area contributed by atoms with Crippen LogP contribution in [0, 0.1) is 0 Å². The molecular weight excluding hydrogens is 302 g/mol. The first-order valence-electron chi connectivity index (χ1n) is 6.59. The summed E-state index contributed by atoms with van der Waals surface area (Å²) < 4.78 is 10.5. The van der Waals surface area contributed by atoms with Crippen molar-refractivity contribution in [2.75, 3.05) is 7.11 Å². The fraction of sp³-hybridized carbons (Fsp3) is 0.0588. The molecule has 2 aromatic carbocycles. The highest BCUT2D eigenvalue weighted by Gasteiger charge is 2.24. The molecule has 0 bridgehead atoms. The van der Waals surface area contributed by atoms with Gasteiger partial charge in [0.1, 0.15) is 5.75 Å². The number of cyclic esters (lactones) is 1. The van der Waals surface area contributed by atoms with Crippen LogP contribution < -0.4 is 4.74 Å². The molecule has 0 amide bonds. The lowest BCUT2D eigenvalue weighted by Gasteiger charge is -2.03. The van der Waals surface area contributed by atoms with Crippen molar-refractivity contribution in [3.63, 3.8) is 0 Å². The number of aliphatic imine (C=N–C) groups is 1. The van der Waals surface area contributed by atoms with E-state index in [1.54, 1.807) is 37.5 Å². The highest BCUT2D eigenvalue weighted by atomic mass is 35.5. The van der Waals surface area contributed by atoms with Gasteiger partial charge >= 0.3 is 5.97 Å². The van der Waals surface area contributed by atoms with Crippen molar-refractivity contribution in [2.45, 2.75) is 0 Å². The summed E-state index contributed by atoms with van der Waals surface area (Å²) >= 11 is 5.94. The topological polar surface area (TPSA) is 47.9 Å². The van der Waals surface area contributed by atoms with E-state index < -0.39 is 5.97 Å². The van der Waals surface area contributed by atoms with Crippen molar-refractivity contribution in [1.29, 1.82) is 0 Å². The summed E-state index contributed by atoms with van der Waals surface area (Å²) in [6.45, 7) is 0. The standard InChI is InChI=1S/C17H12ClNO3/c1-21-15-8-3-2-5-11(15)10-14-17(20)22-16(19-14)12-6-4-7-13(18)9-12/h2-10H,1H3/b14-10+. The number of hydrogen-bond donors (Lipinski definition) is 0. The number of benzene rings is 2. The highest BCUT2D eigenvalue weighted by Crippen LogP contribution is 2.24. The van der Waals surface area contributed by atoms with Gasteiger partial charge in [0, 0.05) is 16.1 Å². The third kappa shape index (κ3) is 2.87. The molecule has 0 saturated heterocycles. The molecule has 0 fully saturated rings. The zero-order valence-electron chi connectivity index (χ0n) is 11.7. The Bertz CT molecular complexity index is 796. The molecule has 110 valence electrons. The van der Waals surface area contributed by atoms with Crippen LogP contribution in [0.1, 0.15) is 11.1 Å². The van der Waals surface area contributed by atoms with Crippen LogP contribution in [-0.4, -0.2) is 19.0 Å². The maximum atomic E-state index is 12.0. The fourth-order valence-electron chi connectivity index (χ4n) is 2.09.